The van der Waals surface area contributed by atoms with Crippen LogP contribution in [0.4, 0.5) is 0 Å². The average Bonchev–Trinajstić information content (AvgIpc) is 3.10. The molecule has 0 saturated heterocycles. The monoisotopic (exact) mass is 628 g/mol. The Kier molecular flexibility index (Phi) is 16.4. The van der Waals surface area contributed by atoms with Crippen LogP contribution < -0.4 is 0 Å². The minimum Gasteiger partial charge on any atom is -0.260 e. The van der Waals surface area contributed by atoms with E-state index >= 15 is 0 Å². The largest absolute Gasteiger partial charge is 0.347 e. The third-order valence-corrected chi connectivity index (χ3v) is 6.35. The Balaban J connectivity index is 0.000000250. The lowest BCUT2D eigenvalue weighted by atomic mass is 10.1. The SMILES string of the molecule is O=C(CCc1ccccc1)OOOC(=O)CCc1ccccc1.O=C(CCc1ccccc1)OOOC(=O)CCc1ccccc1. The summed E-state index contributed by atoms with van der Waals surface area (Å²) in [5.41, 5.74) is 4.07. The Morgan fingerprint density at radius 1 is 0.326 bits per heavy atom. The van der Waals surface area contributed by atoms with E-state index < -0.39 is 23.9 Å². The van der Waals surface area contributed by atoms with Gasteiger partial charge < -0.3 is 0 Å². The number of hydrogen-bond acceptors (Lipinski definition) is 10. The van der Waals surface area contributed by atoms with Crippen molar-refractivity contribution in [1.82, 2.24) is 0 Å². The second-order valence-corrected chi connectivity index (χ2v) is 9.90. The molecule has 0 atom stereocenters. The van der Waals surface area contributed by atoms with Crippen LogP contribution in [0.25, 0.3) is 0 Å². The molecule has 0 unspecified atom stereocenters. The van der Waals surface area contributed by atoms with Crippen LogP contribution in [0, 0.1) is 0 Å². The molecule has 0 aliphatic rings. The van der Waals surface area contributed by atoms with Crippen LogP contribution in [0.2, 0.25) is 0 Å². The van der Waals surface area contributed by atoms with Crippen LogP contribution in [0.3, 0.4) is 0 Å². The van der Waals surface area contributed by atoms with Crippen LogP contribution >= 0.6 is 0 Å². The lowest BCUT2D eigenvalue weighted by molar-refractivity contribution is -0.459. The quantitative estimate of drug-likeness (QED) is 0.102. The van der Waals surface area contributed by atoms with E-state index in [0.717, 1.165) is 22.3 Å². The molecule has 4 rings (SSSR count). The van der Waals surface area contributed by atoms with Gasteiger partial charge in [0.2, 0.25) is 0 Å². The van der Waals surface area contributed by atoms with Gasteiger partial charge >= 0.3 is 23.9 Å². The zero-order valence-corrected chi connectivity index (χ0v) is 25.3. The van der Waals surface area contributed by atoms with E-state index in [-0.39, 0.29) is 25.7 Å². The molecule has 0 bridgehead atoms. The summed E-state index contributed by atoms with van der Waals surface area (Å²) in [7, 11) is 0. The Hall–Kier alpha value is -5.32. The molecule has 0 spiro atoms. The number of rotatable bonds is 16. The van der Waals surface area contributed by atoms with Crippen molar-refractivity contribution in [3.63, 3.8) is 0 Å². The van der Waals surface area contributed by atoms with Gasteiger partial charge in [0.05, 0.1) is 25.7 Å². The highest BCUT2D eigenvalue weighted by Crippen LogP contribution is 2.07. The Morgan fingerprint density at radius 2 is 0.522 bits per heavy atom. The van der Waals surface area contributed by atoms with Gasteiger partial charge in [0, 0.05) is 10.1 Å². The zero-order valence-electron chi connectivity index (χ0n) is 25.3. The fourth-order valence-corrected chi connectivity index (χ4v) is 3.92. The summed E-state index contributed by atoms with van der Waals surface area (Å²) in [4.78, 5) is 63.4. The number of hydrogen-bond donors (Lipinski definition) is 0. The normalized spacial score (nSPS) is 10.1. The van der Waals surface area contributed by atoms with E-state index in [0.29, 0.717) is 25.7 Å². The van der Waals surface area contributed by atoms with Crippen molar-refractivity contribution in [2.75, 3.05) is 0 Å². The molecule has 0 saturated carbocycles. The van der Waals surface area contributed by atoms with Crippen LogP contribution in [0.1, 0.15) is 47.9 Å². The highest BCUT2D eigenvalue weighted by molar-refractivity contribution is 5.71. The summed E-state index contributed by atoms with van der Waals surface area (Å²) >= 11 is 0. The van der Waals surface area contributed by atoms with Gasteiger partial charge in [-0.25, -0.2) is 19.2 Å². The van der Waals surface area contributed by atoms with Crippen LogP contribution in [-0.4, -0.2) is 23.9 Å². The highest BCUT2D eigenvalue weighted by atomic mass is 17.5. The molecule has 240 valence electrons. The summed E-state index contributed by atoms with van der Waals surface area (Å²) < 4.78 is 0. The van der Waals surface area contributed by atoms with Gasteiger partial charge in [-0.2, -0.15) is 0 Å². The topological polar surface area (TPSA) is 124 Å². The average molecular weight is 629 g/mol. The van der Waals surface area contributed by atoms with Crippen molar-refractivity contribution in [2.24, 2.45) is 0 Å². The van der Waals surface area contributed by atoms with Crippen molar-refractivity contribution in [2.45, 2.75) is 51.4 Å². The molecule has 0 heterocycles. The Bertz CT molecular complexity index is 1220. The van der Waals surface area contributed by atoms with E-state index in [4.69, 9.17) is 0 Å². The summed E-state index contributed by atoms with van der Waals surface area (Å²) in [5, 5.41) is 8.47. The smallest absolute Gasteiger partial charge is 0.260 e. The molecule has 0 N–H and O–H groups in total. The highest BCUT2D eigenvalue weighted by Gasteiger charge is 2.11. The predicted molar refractivity (Wildman–Crippen MR) is 166 cm³/mol. The third-order valence-electron chi connectivity index (χ3n) is 6.35. The first-order valence-corrected chi connectivity index (χ1v) is 14.8. The maximum Gasteiger partial charge on any atom is 0.347 e. The number of benzene rings is 4. The molecular formula is C36H36O10. The lowest BCUT2D eigenvalue weighted by Gasteiger charge is -2.03. The summed E-state index contributed by atoms with van der Waals surface area (Å²) in [6, 6.07) is 38.1. The van der Waals surface area contributed by atoms with Crippen molar-refractivity contribution >= 4 is 23.9 Å². The van der Waals surface area contributed by atoms with Crippen LogP contribution in [-0.2, 0) is 74.5 Å². The van der Waals surface area contributed by atoms with Gasteiger partial charge in [-0.3, -0.25) is 19.6 Å². The molecule has 0 radical (unpaired) electrons. The lowest BCUT2D eigenvalue weighted by Crippen LogP contribution is -2.11. The second kappa shape index (κ2) is 21.4. The molecule has 0 amide bonds. The maximum absolute atomic E-state index is 11.4. The second-order valence-electron chi connectivity index (χ2n) is 9.90. The van der Waals surface area contributed by atoms with Crippen LogP contribution in [0.5, 0.6) is 0 Å². The molecule has 0 aliphatic carbocycles. The molecule has 0 fully saturated rings. The number of carbonyl (C=O) groups excluding carboxylic acids is 4. The van der Waals surface area contributed by atoms with Gasteiger partial charge in [0.1, 0.15) is 0 Å². The first-order chi connectivity index (χ1) is 22.5. The van der Waals surface area contributed by atoms with Gasteiger partial charge in [-0.15, -0.1) is 0 Å². The molecule has 10 heteroatoms. The van der Waals surface area contributed by atoms with Gasteiger partial charge in [0.15, 0.2) is 0 Å². The van der Waals surface area contributed by atoms with Gasteiger partial charge in [-0.1, -0.05) is 121 Å². The van der Waals surface area contributed by atoms with Gasteiger partial charge in [-0.05, 0) is 47.9 Å². The minimum atomic E-state index is -0.593. The molecule has 10 nitrogen and oxygen atoms in total. The summed E-state index contributed by atoms with van der Waals surface area (Å²) in [6.07, 6.45) is 2.71. The molecule has 0 aliphatic heterocycles. The fraction of sp³-hybridized carbons (Fsp3) is 0.222. The maximum atomic E-state index is 11.4. The molecule has 4 aromatic rings. The molecular weight excluding hydrogens is 592 g/mol. The summed E-state index contributed by atoms with van der Waals surface area (Å²) in [5.74, 6) is -2.37. The van der Waals surface area contributed by atoms with Crippen molar-refractivity contribution in [3.05, 3.63) is 144 Å². The molecule has 4 aromatic carbocycles. The number of carbonyl (C=O) groups is 4. The zero-order chi connectivity index (χ0) is 32.7. The third kappa shape index (κ3) is 15.9. The van der Waals surface area contributed by atoms with E-state index in [9.17, 15) is 19.2 Å². The number of aryl methyl sites for hydroxylation is 4. The van der Waals surface area contributed by atoms with E-state index in [2.05, 4.69) is 29.6 Å². The van der Waals surface area contributed by atoms with E-state index in [1.807, 2.05) is 121 Å². The molecule has 46 heavy (non-hydrogen) atoms. The van der Waals surface area contributed by atoms with Crippen molar-refractivity contribution in [3.8, 4) is 0 Å². The standard InChI is InChI=1S/2C18H18O5/c2*19-17(13-11-15-7-3-1-4-8-15)21-23-22-18(20)14-12-16-9-5-2-6-10-16/h2*1-10H,11-14H2. The first-order valence-electron chi connectivity index (χ1n) is 14.8. The van der Waals surface area contributed by atoms with E-state index in [1.54, 1.807) is 0 Å². The van der Waals surface area contributed by atoms with Crippen molar-refractivity contribution < 1.29 is 48.8 Å². The summed E-state index contributed by atoms with van der Waals surface area (Å²) in [6.45, 7) is 0. The van der Waals surface area contributed by atoms with Gasteiger partial charge in [0.25, 0.3) is 0 Å². The molecule has 0 aromatic heterocycles. The minimum absolute atomic E-state index is 0.144. The fourth-order valence-electron chi connectivity index (χ4n) is 3.92. The van der Waals surface area contributed by atoms with Crippen LogP contribution in [0.15, 0.2) is 121 Å². The van der Waals surface area contributed by atoms with E-state index in [1.165, 1.54) is 0 Å². The Morgan fingerprint density at radius 3 is 0.717 bits per heavy atom. The first kappa shape index (κ1) is 35.2. The predicted octanol–water partition coefficient (Wildman–Crippen LogP) is 6.37. The Labute approximate surface area is 267 Å². The van der Waals surface area contributed by atoms with Crippen molar-refractivity contribution in [1.29, 1.82) is 0 Å².